The monoisotopic (exact) mass is 329 g/mol. The number of carbonyl (C=O) groups is 2. The van der Waals surface area contributed by atoms with Crippen molar-refractivity contribution >= 4 is 28.2 Å². The van der Waals surface area contributed by atoms with Crippen LogP contribution in [0.3, 0.4) is 0 Å². The minimum atomic E-state index is -0.965. The average Bonchev–Trinajstić information content (AvgIpc) is 3.16. The minimum absolute atomic E-state index is 0.266. The molecule has 1 aromatic carbocycles. The second-order valence-corrected chi connectivity index (χ2v) is 6.88. The van der Waals surface area contributed by atoms with E-state index in [9.17, 15) is 14.7 Å². The Labute approximate surface area is 139 Å². The normalized spacial score (nSPS) is 14.8. The number of benzene rings is 1. The van der Waals surface area contributed by atoms with E-state index in [1.165, 1.54) is 11.3 Å². The first-order valence-electron chi connectivity index (χ1n) is 7.79. The van der Waals surface area contributed by atoms with Crippen LogP contribution >= 0.6 is 11.3 Å². The summed E-state index contributed by atoms with van der Waals surface area (Å²) in [6.45, 7) is 1.96. The molecule has 0 unspecified atom stereocenters. The Kier molecular flexibility index (Phi) is 4.48. The number of aromatic carboxylic acids is 1. The zero-order chi connectivity index (χ0) is 16.4. The van der Waals surface area contributed by atoms with E-state index in [-0.39, 0.29) is 11.5 Å². The standard InChI is InChI=1S/C18H19NO3S/c1-11-6-8-13(9-7-11)16(20)19-17-15(18(21)22)14(10-23-17)12-4-2-3-5-12/h6-10,12H,2-5H2,1H3,(H,19,20)(H,21,22). The van der Waals surface area contributed by atoms with Gasteiger partial charge in [0.25, 0.3) is 5.91 Å². The highest BCUT2D eigenvalue weighted by Crippen LogP contribution is 2.41. The molecule has 2 N–H and O–H groups in total. The van der Waals surface area contributed by atoms with Gasteiger partial charge < -0.3 is 10.4 Å². The van der Waals surface area contributed by atoms with Crippen molar-refractivity contribution in [3.8, 4) is 0 Å². The summed E-state index contributed by atoms with van der Waals surface area (Å²) >= 11 is 1.30. The van der Waals surface area contributed by atoms with Crippen LogP contribution < -0.4 is 5.32 Å². The summed E-state index contributed by atoms with van der Waals surface area (Å²) in [4.78, 5) is 24.0. The van der Waals surface area contributed by atoms with Crippen LogP contribution in [0.1, 0.15) is 63.4 Å². The van der Waals surface area contributed by atoms with Crippen LogP contribution in [-0.4, -0.2) is 17.0 Å². The first kappa shape index (κ1) is 15.7. The molecular formula is C18H19NO3S. The number of rotatable bonds is 4. The smallest absolute Gasteiger partial charge is 0.339 e. The van der Waals surface area contributed by atoms with Gasteiger partial charge in [-0.2, -0.15) is 0 Å². The summed E-state index contributed by atoms with van der Waals surface area (Å²) in [5, 5.41) is 14.7. The molecule has 5 heteroatoms. The molecule has 120 valence electrons. The third-order valence-electron chi connectivity index (χ3n) is 4.37. The molecule has 0 aliphatic heterocycles. The summed E-state index contributed by atoms with van der Waals surface area (Å²) in [5.74, 6) is -0.929. The van der Waals surface area contributed by atoms with Crippen LogP contribution in [0.15, 0.2) is 29.6 Å². The van der Waals surface area contributed by atoms with Crippen LogP contribution in [0.2, 0.25) is 0 Å². The third kappa shape index (κ3) is 3.29. The molecule has 4 nitrogen and oxygen atoms in total. The van der Waals surface area contributed by atoms with Gasteiger partial charge in [-0.3, -0.25) is 4.79 Å². The van der Waals surface area contributed by atoms with Crippen molar-refractivity contribution in [1.82, 2.24) is 0 Å². The summed E-state index contributed by atoms with van der Waals surface area (Å²) < 4.78 is 0. The van der Waals surface area contributed by atoms with Gasteiger partial charge >= 0.3 is 5.97 Å². The van der Waals surface area contributed by atoms with Crippen LogP contribution in [0, 0.1) is 6.92 Å². The fourth-order valence-corrected chi connectivity index (χ4v) is 4.13. The number of amides is 1. The fourth-order valence-electron chi connectivity index (χ4n) is 3.10. The molecule has 1 aromatic heterocycles. The van der Waals surface area contributed by atoms with E-state index >= 15 is 0 Å². The predicted molar refractivity (Wildman–Crippen MR) is 91.6 cm³/mol. The average molecular weight is 329 g/mol. The van der Waals surface area contributed by atoms with Crippen molar-refractivity contribution < 1.29 is 14.7 Å². The summed E-state index contributed by atoms with van der Waals surface area (Å²) in [6.07, 6.45) is 4.35. The summed E-state index contributed by atoms with van der Waals surface area (Å²) in [7, 11) is 0. The number of aryl methyl sites for hydroxylation is 1. The van der Waals surface area contributed by atoms with E-state index in [0.29, 0.717) is 16.5 Å². The van der Waals surface area contributed by atoms with Gasteiger partial charge in [-0.05, 0) is 48.8 Å². The summed E-state index contributed by atoms with van der Waals surface area (Å²) in [6, 6.07) is 7.23. The molecule has 1 heterocycles. The van der Waals surface area contributed by atoms with E-state index in [1.807, 2.05) is 24.4 Å². The Morgan fingerprint density at radius 3 is 2.43 bits per heavy atom. The molecule has 3 rings (SSSR count). The first-order chi connectivity index (χ1) is 11.1. The van der Waals surface area contributed by atoms with Gasteiger partial charge in [0.15, 0.2) is 0 Å². The number of carboxylic acids is 1. The molecule has 0 saturated heterocycles. The van der Waals surface area contributed by atoms with Crippen LogP contribution in [0.5, 0.6) is 0 Å². The van der Waals surface area contributed by atoms with Gasteiger partial charge in [0.1, 0.15) is 5.00 Å². The molecule has 1 amide bonds. The number of hydrogen-bond donors (Lipinski definition) is 2. The zero-order valence-electron chi connectivity index (χ0n) is 13.0. The summed E-state index contributed by atoms with van der Waals surface area (Å²) in [5.41, 5.74) is 2.75. The second-order valence-electron chi connectivity index (χ2n) is 6.00. The Morgan fingerprint density at radius 1 is 1.17 bits per heavy atom. The molecule has 2 aromatic rings. The molecule has 1 saturated carbocycles. The lowest BCUT2D eigenvalue weighted by molar-refractivity contribution is 0.0697. The van der Waals surface area contributed by atoms with Crippen molar-refractivity contribution in [3.05, 3.63) is 51.9 Å². The second kappa shape index (κ2) is 6.54. The number of nitrogens with one attached hydrogen (secondary N) is 1. The molecule has 0 bridgehead atoms. The Bertz CT molecular complexity index is 727. The first-order valence-corrected chi connectivity index (χ1v) is 8.67. The lowest BCUT2D eigenvalue weighted by atomic mass is 9.96. The molecule has 0 spiro atoms. The quantitative estimate of drug-likeness (QED) is 0.857. The van der Waals surface area contributed by atoms with Gasteiger partial charge in [0, 0.05) is 5.56 Å². The van der Waals surface area contributed by atoms with Crippen molar-refractivity contribution in [3.63, 3.8) is 0 Å². The minimum Gasteiger partial charge on any atom is -0.478 e. The van der Waals surface area contributed by atoms with Gasteiger partial charge in [-0.25, -0.2) is 4.79 Å². The number of carboxylic acid groups (broad SMARTS) is 1. The van der Waals surface area contributed by atoms with Crippen molar-refractivity contribution in [2.45, 2.75) is 38.5 Å². The molecule has 1 fully saturated rings. The van der Waals surface area contributed by atoms with E-state index < -0.39 is 5.97 Å². The van der Waals surface area contributed by atoms with E-state index in [1.54, 1.807) is 12.1 Å². The Morgan fingerprint density at radius 2 is 1.83 bits per heavy atom. The topological polar surface area (TPSA) is 66.4 Å². The SMILES string of the molecule is Cc1ccc(C(=O)Nc2scc(C3CCCC3)c2C(=O)O)cc1. The van der Waals surface area contributed by atoms with Crippen LogP contribution in [0.4, 0.5) is 5.00 Å². The lowest BCUT2D eigenvalue weighted by Gasteiger charge is -2.10. The van der Waals surface area contributed by atoms with Gasteiger partial charge in [0.2, 0.25) is 0 Å². The largest absolute Gasteiger partial charge is 0.478 e. The highest BCUT2D eigenvalue weighted by Gasteiger charge is 2.27. The molecule has 1 aliphatic rings. The van der Waals surface area contributed by atoms with Crippen LogP contribution in [-0.2, 0) is 0 Å². The fraction of sp³-hybridized carbons (Fsp3) is 0.333. The Balaban J connectivity index is 1.86. The Hall–Kier alpha value is -2.14. The van der Waals surface area contributed by atoms with E-state index in [2.05, 4.69) is 5.32 Å². The number of carbonyl (C=O) groups excluding carboxylic acids is 1. The number of thiophene rings is 1. The van der Waals surface area contributed by atoms with Gasteiger partial charge in [0.05, 0.1) is 5.56 Å². The maximum Gasteiger partial charge on any atom is 0.339 e. The lowest BCUT2D eigenvalue weighted by Crippen LogP contribution is -2.14. The van der Waals surface area contributed by atoms with Crippen LogP contribution in [0.25, 0.3) is 0 Å². The predicted octanol–water partition coefficient (Wildman–Crippen LogP) is 4.66. The maximum absolute atomic E-state index is 12.3. The molecule has 23 heavy (non-hydrogen) atoms. The number of hydrogen-bond acceptors (Lipinski definition) is 3. The highest BCUT2D eigenvalue weighted by atomic mass is 32.1. The number of anilines is 1. The van der Waals surface area contributed by atoms with Crippen molar-refractivity contribution in [2.75, 3.05) is 5.32 Å². The van der Waals surface area contributed by atoms with Crippen molar-refractivity contribution in [2.24, 2.45) is 0 Å². The highest BCUT2D eigenvalue weighted by molar-refractivity contribution is 7.15. The molecule has 0 radical (unpaired) electrons. The van der Waals surface area contributed by atoms with E-state index in [4.69, 9.17) is 0 Å². The third-order valence-corrected chi connectivity index (χ3v) is 5.28. The molecule has 0 atom stereocenters. The molecular weight excluding hydrogens is 310 g/mol. The zero-order valence-corrected chi connectivity index (χ0v) is 13.8. The van der Waals surface area contributed by atoms with Crippen molar-refractivity contribution in [1.29, 1.82) is 0 Å². The molecule has 1 aliphatic carbocycles. The van der Waals surface area contributed by atoms with E-state index in [0.717, 1.165) is 36.8 Å². The maximum atomic E-state index is 12.3. The van der Waals surface area contributed by atoms with Gasteiger partial charge in [-0.15, -0.1) is 11.3 Å². The van der Waals surface area contributed by atoms with Gasteiger partial charge in [-0.1, -0.05) is 30.5 Å².